The van der Waals surface area contributed by atoms with Crippen LogP contribution in [-0.4, -0.2) is 26.8 Å². The summed E-state index contributed by atoms with van der Waals surface area (Å²) in [5.74, 6) is 0. The van der Waals surface area contributed by atoms with E-state index in [1.807, 2.05) is 13.8 Å². The standard InChI is InChI=1S/C14H19NO.C2H6/c1-13(2)9-16-10-14(13)8-15(3)12-7-5-4-6-11(12)14;1-2/h4-7H,8-10H2,1-3H3;1-2H3. The van der Waals surface area contributed by atoms with Crippen LogP contribution in [-0.2, 0) is 10.2 Å². The average Bonchev–Trinajstić information content (AvgIpc) is 2.83. The number of likely N-dealkylation sites (N-methyl/N-ethyl adjacent to an activating group) is 1. The van der Waals surface area contributed by atoms with Crippen molar-refractivity contribution in [2.24, 2.45) is 5.41 Å². The molecule has 2 heteroatoms. The molecule has 0 N–H and O–H groups in total. The average molecular weight is 247 g/mol. The number of nitrogens with zero attached hydrogens (tertiary/aromatic N) is 1. The van der Waals surface area contributed by atoms with E-state index >= 15 is 0 Å². The van der Waals surface area contributed by atoms with Gasteiger partial charge in [-0.1, -0.05) is 45.9 Å². The largest absolute Gasteiger partial charge is 0.380 e. The Morgan fingerprint density at radius 2 is 1.78 bits per heavy atom. The highest BCUT2D eigenvalue weighted by molar-refractivity contribution is 5.63. The summed E-state index contributed by atoms with van der Waals surface area (Å²) in [6.45, 7) is 11.5. The summed E-state index contributed by atoms with van der Waals surface area (Å²) in [6.07, 6.45) is 0. The Hall–Kier alpha value is -1.02. The van der Waals surface area contributed by atoms with E-state index in [9.17, 15) is 0 Å². The Labute approximate surface area is 111 Å². The van der Waals surface area contributed by atoms with Crippen LogP contribution < -0.4 is 4.90 Å². The Bertz CT molecular complexity index is 427. The number of ether oxygens (including phenoxy) is 1. The maximum Gasteiger partial charge on any atom is 0.0587 e. The third-order valence-corrected chi connectivity index (χ3v) is 4.44. The molecule has 18 heavy (non-hydrogen) atoms. The van der Waals surface area contributed by atoms with Gasteiger partial charge in [0.1, 0.15) is 0 Å². The first-order chi connectivity index (χ1) is 8.57. The summed E-state index contributed by atoms with van der Waals surface area (Å²) in [4.78, 5) is 2.37. The molecule has 1 aromatic carbocycles. The fourth-order valence-corrected chi connectivity index (χ4v) is 3.30. The van der Waals surface area contributed by atoms with Gasteiger partial charge in [-0.05, 0) is 11.6 Å². The van der Waals surface area contributed by atoms with Crippen molar-refractivity contribution >= 4 is 5.69 Å². The molecule has 2 heterocycles. The minimum atomic E-state index is 0.193. The zero-order chi connectivity index (χ0) is 13.4. The predicted octanol–water partition coefficient (Wildman–Crippen LogP) is 3.46. The predicted molar refractivity (Wildman–Crippen MR) is 77.3 cm³/mol. The van der Waals surface area contributed by atoms with E-state index in [4.69, 9.17) is 4.74 Å². The SMILES string of the molecule is CC.CN1CC2(COCC2(C)C)c2ccccc21. The highest BCUT2D eigenvalue weighted by atomic mass is 16.5. The smallest absolute Gasteiger partial charge is 0.0587 e. The van der Waals surface area contributed by atoms with Crippen LogP contribution in [0, 0.1) is 5.41 Å². The first-order valence-corrected chi connectivity index (χ1v) is 6.95. The van der Waals surface area contributed by atoms with Crippen molar-refractivity contribution in [1.82, 2.24) is 0 Å². The molecular formula is C16H25NO. The highest BCUT2D eigenvalue weighted by Gasteiger charge is 2.55. The van der Waals surface area contributed by atoms with Crippen LogP contribution in [0.1, 0.15) is 33.3 Å². The second kappa shape index (κ2) is 4.58. The highest BCUT2D eigenvalue weighted by Crippen LogP contribution is 2.53. The molecule has 3 rings (SSSR count). The molecule has 1 unspecified atom stereocenters. The van der Waals surface area contributed by atoms with E-state index in [2.05, 4.69) is 50.1 Å². The van der Waals surface area contributed by atoms with Gasteiger partial charge in [-0.25, -0.2) is 0 Å². The molecule has 0 saturated carbocycles. The van der Waals surface area contributed by atoms with Gasteiger partial charge in [-0.15, -0.1) is 0 Å². The van der Waals surface area contributed by atoms with Crippen molar-refractivity contribution in [3.8, 4) is 0 Å². The fraction of sp³-hybridized carbons (Fsp3) is 0.625. The van der Waals surface area contributed by atoms with Crippen molar-refractivity contribution in [2.75, 3.05) is 31.7 Å². The van der Waals surface area contributed by atoms with E-state index in [-0.39, 0.29) is 10.8 Å². The molecule has 1 aromatic rings. The van der Waals surface area contributed by atoms with Gasteiger partial charge in [0.15, 0.2) is 0 Å². The molecule has 0 radical (unpaired) electrons. The maximum atomic E-state index is 5.78. The second-order valence-electron chi connectivity index (χ2n) is 5.83. The van der Waals surface area contributed by atoms with Crippen molar-refractivity contribution in [2.45, 2.75) is 33.1 Å². The lowest BCUT2D eigenvalue weighted by Crippen LogP contribution is -2.44. The number of hydrogen-bond acceptors (Lipinski definition) is 2. The topological polar surface area (TPSA) is 12.5 Å². The quantitative estimate of drug-likeness (QED) is 0.696. The lowest BCUT2D eigenvalue weighted by molar-refractivity contribution is 0.166. The van der Waals surface area contributed by atoms with Crippen molar-refractivity contribution < 1.29 is 4.74 Å². The molecule has 0 aromatic heterocycles. The number of anilines is 1. The van der Waals surface area contributed by atoms with Crippen LogP contribution in [0.4, 0.5) is 5.69 Å². The van der Waals surface area contributed by atoms with E-state index in [0.29, 0.717) is 0 Å². The van der Waals surface area contributed by atoms with Crippen molar-refractivity contribution in [3.63, 3.8) is 0 Å². The second-order valence-corrected chi connectivity index (χ2v) is 5.83. The zero-order valence-electron chi connectivity index (χ0n) is 12.3. The van der Waals surface area contributed by atoms with Gasteiger partial charge in [0, 0.05) is 30.1 Å². The minimum absolute atomic E-state index is 0.193. The van der Waals surface area contributed by atoms with E-state index in [1.54, 1.807) is 0 Å². The van der Waals surface area contributed by atoms with E-state index < -0.39 is 0 Å². The number of benzene rings is 1. The lowest BCUT2D eigenvalue weighted by atomic mass is 9.65. The summed E-state index contributed by atoms with van der Waals surface area (Å²) in [5.41, 5.74) is 3.27. The molecule has 1 saturated heterocycles. The summed E-state index contributed by atoms with van der Waals surface area (Å²) in [7, 11) is 2.18. The normalized spacial score (nSPS) is 27.9. The Kier molecular flexibility index (Phi) is 3.41. The molecule has 1 fully saturated rings. The minimum Gasteiger partial charge on any atom is -0.380 e. The monoisotopic (exact) mass is 247 g/mol. The molecule has 1 spiro atoms. The van der Waals surface area contributed by atoms with Crippen LogP contribution in [0.2, 0.25) is 0 Å². The van der Waals surface area contributed by atoms with Gasteiger partial charge in [0.05, 0.1) is 13.2 Å². The van der Waals surface area contributed by atoms with Gasteiger partial charge in [-0.2, -0.15) is 0 Å². The summed E-state index contributed by atoms with van der Waals surface area (Å²) in [6, 6.07) is 8.76. The molecule has 0 aliphatic carbocycles. The molecular weight excluding hydrogens is 222 g/mol. The molecule has 2 nitrogen and oxygen atoms in total. The first kappa shape index (κ1) is 13.4. The van der Waals surface area contributed by atoms with Gasteiger partial charge < -0.3 is 9.64 Å². The van der Waals surface area contributed by atoms with Gasteiger partial charge in [-0.3, -0.25) is 0 Å². The molecule has 0 amide bonds. The van der Waals surface area contributed by atoms with E-state index in [0.717, 1.165) is 19.8 Å². The molecule has 0 bridgehead atoms. The van der Waals surface area contributed by atoms with Crippen LogP contribution >= 0.6 is 0 Å². The van der Waals surface area contributed by atoms with Gasteiger partial charge in [0.2, 0.25) is 0 Å². The van der Waals surface area contributed by atoms with Crippen molar-refractivity contribution in [3.05, 3.63) is 29.8 Å². The summed E-state index contributed by atoms with van der Waals surface area (Å²) < 4.78 is 5.78. The third kappa shape index (κ3) is 1.66. The number of rotatable bonds is 0. The van der Waals surface area contributed by atoms with Gasteiger partial charge >= 0.3 is 0 Å². The molecule has 1 atom stereocenters. The first-order valence-electron chi connectivity index (χ1n) is 6.95. The molecule has 100 valence electrons. The number of hydrogen-bond donors (Lipinski definition) is 0. The lowest BCUT2D eigenvalue weighted by Gasteiger charge is -2.36. The summed E-state index contributed by atoms with van der Waals surface area (Å²) in [5, 5.41) is 0. The van der Waals surface area contributed by atoms with Crippen LogP contribution in [0.25, 0.3) is 0 Å². The van der Waals surface area contributed by atoms with Crippen LogP contribution in [0.3, 0.4) is 0 Å². The van der Waals surface area contributed by atoms with Gasteiger partial charge in [0.25, 0.3) is 0 Å². The Morgan fingerprint density at radius 1 is 1.11 bits per heavy atom. The van der Waals surface area contributed by atoms with Crippen molar-refractivity contribution in [1.29, 1.82) is 0 Å². The summed E-state index contributed by atoms with van der Waals surface area (Å²) >= 11 is 0. The molecule has 2 aliphatic rings. The number of para-hydroxylation sites is 1. The number of fused-ring (bicyclic) bond motifs is 2. The Balaban J connectivity index is 0.000000574. The van der Waals surface area contributed by atoms with Crippen LogP contribution in [0.15, 0.2) is 24.3 Å². The maximum absolute atomic E-state index is 5.78. The zero-order valence-corrected chi connectivity index (χ0v) is 12.3. The molecule has 2 aliphatic heterocycles. The third-order valence-electron chi connectivity index (χ3n) is 4.44. The van der Waals surface area contributed by atoms with Crippen LogP contribution in [0.5, 0.6) is 0 Å². The van der Waals surface area contributed by atoms with E-state index in [1.165, 1.54) is 11.3 Å². The Morgan fingerprint density at radius 3 is 2.39 bits per heavy atom. The fourth-order valence-electron chi connectivity index (χ4n) is 3.30.